The summed E-state index contributed by atoms with van der Waals surface area (Å²) in [5.41, 5.74) is 0.776. The summed E-state index contributed by atoms with van der Waals surface area (Å²) in [7, 11) is 1.00. The smallest absolute Gasteiger partial charge is 0.262 e. The Bertz CT molecular complexity index is 1160. The molecule has 0 saturated carbocycles. The van der Waals surface area contributed by atoms with E-state index < -0.39 is 5.56 Å². The summed E-state index contributed by atoms with van der Waals surface area (Å²) in [6.45, 7) is 9.99. The lowest BCUT2D eigenvalue weighted by molar-refractivity contribution is 0.0322. The fraction of sp³-hybridized carbons (Fsp3) is 0.464. The molecule has 0 radical (unpaired) electrons. The summed E-state index contributed by atoms with van der Waals surface area (Å²) in [6.07, 6.45) is 3.25. The Labute approximate surface area is 229 Å². The van der Waals surface area contributed by atoms with Gasteiger partial charge in [-0.2, -0.15) is 0 Å². The third-order valence-electron chi connectivity index (χ3n) is 5.87. The number of rotatable bonds is 12. The van der Waals surface area contributed by atoms with Gasteiger partial charge in [-0.05, 0) is 36.6 Å². The number of ether oxygens (including phenoxy) is 2. The molecule has 0 atom stereocenters. The van der Waals surface area contributed by atoms with Crippen LogP contribution in [-0.4, -0.2) is 82.5 Å². The number of H-pyrrole nitrogens is 1. The van der Waals surface area contributed by atoms with Crippen molar-refractivity contribution in [3.8, 4) is 5.75 Å². The SMILES string of the molecule is C/C(O)=C\C/C(O)=C\Nc1nc(Cc2ccc(OCCN3CCOCC3)cc2)[nH]c(=O)c1C(=N)C(C)C.CO. The highest BCUT2D eigenvalue weighted by Crippen LogP contribution is 2.18. The number of anilines is 1. The first-order valence-electron chi connectivity index (χ1n) is 12.9. The van der Waals surface area contributed by atoms with Crippen molar-refractivity contribution in [1.82, 2.24) is 14.9 Å². The molecule has 39 heavy (non-hydrogen) atoms. The van der Waals surface area contributed by atoms with Crippen LogP contribution in [0.2, 0.25) is 0 Å². The monoisotopic (exact) mass is 543 g/mol. The van der Waals surface area contributed by atoms with Crippen molar-refractivity contribution in [2.75, 3.05) is 51.9 Å². The van der Waals surface area contributed by atoms with E-state index in [1.807, 2.05) is 38.1 Å². The fourth-order valence-electron chi connectivity index (χ4n) is 3.72. The lowest BCUT2D eigenvalue weighted by Gasteiger charge is -2.26. The zero-order valence-corrected chi connectivity index (χ0v) is 23.2. The molecule has 0 bridgehead atoms. The van der Waals surface area contributed by atoms with Gasteiger partial charge in [-0.25, -0.2) is 4.98 Å². The molecule has 1 fully saturated rings. The first-order chi connectivity index (χ1) is 18.7. The largest absolute Gasteiger partial charge is 0.513 e. The molecule has 1 saturated heterocycles. The van der Waals surface area contributed by atoms with Crippen LogP contribution in [0.4, 0.5) is 5.82 Å². The summed E-state index contributed by atoms with van der Waals surface area (Å²) in [5.74, 6) is 1.23. The first-order valence-corrected chi connectivity index (χ1v) is 12.9. The Balaban J connectivity index is 0.00000260. The second-order valence-electron chi connectivity index (χ2n) is 9.26. The van der Waals surface area contributed by atoms with E-state index >= 15 is 0 Å². The van der Waals surface area contributed by atoms with E-state index in [0.717, 1.165) is 51.3 Å². The molecule has 1 aliphatic rings. The second kappa shape index (κ2) is 16.3. The van der Waals surface area contributed by atoms with Gasteiger partial charge in [-0.1, -0.05) is 26.0 Å². The Morgan fingerprint density at radius 3 is 2.51 bits per heavy atom. The van der Waals surface area contributed by atoms with E-state index in [-0.39, 0.29) is 41.0 Å². The van der Waals surface area contributed by atoms with E-state index in [0.29, 0.717) is 18.9 Å². The summed E-state index contributed by atoms with van der Waals surface area (Å²) in [5, 5.41) is 37.6. The molecule has 6 N–H and O–H groups in total. The summed E-state index contributed by atoms with van der Waals surface area (Å²) in [6, 6.07) is 7.64. The van der Waals surface area contributed by atoms with Crippen molar-refractivity contribution in [1.29, 1.82) is 5.41 Å². The predicted molar refractivity (Wildman–Crippen MR) is 152 cm³/mol. The van der Waals surface area contributed by atoms with Crippen molar-refractivity contribution < 1.29 is 24.8 Å². The molecule has 1 aromatic heterocycles. The maximum absolute atomic E-state index is 12.9. The molecule has 3 rings (SSSR count). The number of aromatic amines is 1. The number of hydrogen-bond donors (Lipinski definition) is 6. The highest BCUT2D eigenvalue weighted by atomic mass is 16.5. The van der Waals surface area contributed by atoms with E-state index in [9.17, 15) is 15.0 Å². The van der Waals surface area contributed by atoms with Crippen molar-refractivity contribution in [3.05, 3.63) is 75.4 Å². The molecule has 1 aliphatic heterocycles. The quantitative estimate of drug-likeness (QED) is 0.174. The van der Waals surface area contributed by atoms with Crippen LogP contribution in [0.1, 0.15) is 44.1 Å². The zero-order valence-electron chi connectivity index (χ0n) is 23.2. The van der Waals surface area contributed by atoms with E-state index in [1.54, 1.807) is 0 Å². The summed E-state index contributed by atoms with van der Waals surface area (Å²) < 4.78 is 11.2. The summed E-state index contributed by atoms with van der Waals surface area (Å²) >= 11 is 0. The van der Waals surface area contributed by atoms with Gasteiger partial charge in [0.05, 0.1) is 24.7 Å². The molecular formula is C28H41N5O6. The third kappa shape index (κ3) is 10.5. The number of aliphatic hydroxyl groups excluding tert-OH is 3. The molecule has 2 aromatic rings. The fourth-order valence-corrected chi connectivity index (χ4v) is 3.72. The third-order valence-corrected chi connectivity index (χ3v) is 5.87. The Morgan fingerprint density at radius 2 is 1.90 bits per heavy atom. The van der Waals surface area contributed by atoms with E-state index in [2.05, 4.69) is 20.2 Å². The number of morpholine rings is 1. The maximum atomic E-state index is 12.9. The van der Waals surface area contributed by atoms with Gasteiger partial charge in [0.2, 0.25) is 0 Å². The number of aromatic nitrogens is 2. The lowest BCUT2D eigenvalue weighted by Crippen LogP contribution is -2.38. The predicted octanol–water partition coefficient (Wildman–Crippen LogP) is 3.37. The van der Waals surface area contributed by atoms with Gasteiger partial charge in [0, 0.05) is 45.8 Å². The number of nitrogens with one attached hydrogen (secondary N) is 3. The Kier molecular flexibility index (Phi) is 13.2. The van der Waals surface area contributed by atoms with Gasteiger partial charge in [-0.15, -0.1) is 0 Å². The average molecular weight is 544 g/mol. The minimum absolute atomic E-state index is 0.0525. The number of nitrogens with zero attached hydrogens (tertiary/aromatic N) is 2. The standard InChI is InChI=1S/C27H37N5O5.CH4O/c1-18(2)25(28)24-26(29-17-21(34)7-4-19(3)33)30-23(31-27(24)35)16-20-5-8-22(9-6-20)37-15-12-32-10-13-36-14-11-32;1-2/h4-6,8-9,17-18,28,33-34H,7,10-16H2,1-3H3,(H2,29,30,31,35);2H,1H3/b19-4+,21-17+,28-25?;. The molecule has 214 valence electrons. The van der Waals surface area contributed by atoms with Crippen molar-refractivity contribution >= 4 is 11.5 Å². The minimum Gasteiger partial charge on any atom is -0.513 e. The zero-order chi connectivity index (χ0) is 28.8. The molecule has 0 aliphatic carbocycles. The van der Waals surface area contributed by atoms with E-state index in [4.69, 9.17) is 20.0 Å². The lowest BCUT2D eigenvalue weighted by atomic mass is 10.0. The topological polar surface area (TPSA) is 164 Å². The highest BCUT2D eigenvalue weighted by Gasteiger charge is 2.18. The first kappa shape index (κ1) is 31.5. The van der Waals surface area contributed by atoms with Gasteiger partial charge in [0.1, 0.15) is 35.3 Å². The molecule has 0 unspecified atom stereocenters. The second-order valence-corrected chi connectivity index (χ2v) is 9.26. The molecule has 11 heteroatoms. The van der Waals surface area contributed by atoms with Crippen molar-refractivity contribution in [3.63, 3.8) is 0 Å². The molecule has 11 nitrogen and oxygen atoms in total. The van der Waals surface area contributed by atoms with Gasteiger partial charge in [-0.3, -0.25) is 9.69 Å². The number of benzene rings is 1. The Hall–Kier alpha value is -3.67. The normalized spacial score (nSPS) is 14.5. The van der Waals surface area contributed by atoms with Crippen LogP contribution < -0.4 is 15.6 Å². The average Bonchev–Trinajstić information content (AvgIpc) is 2.93. The Morgan fingerprint density at radius 1 is 1.23 bits per heavy atom. The minimum atomic E-state index is -0.423. The van der Waals surface area contributed by atoms with Gasteiger partial charge in [0.25, 0.3) is 5.56 Å². The molecule has 0 spiro atoms. The van der Waals surface area contributed by atoms with Crippen LogP contribution in [0.5, 0.6) is 5.75 Å². The van der Waals surface area contributed by atoms with Crippen LogP contribution >= 0.6 is 0 Å². The summed E-state index contributed by atoms with van der Waals surface area (Å²) in [4.78, 5) is 22.6. The van der Waals surface area contributed by atoms with Crippen LogP contribution in [-0.2, 0) is 11.2 Å². The molecular weight excluding hydrogens is 502 g/mol. The van der Waals surface area contributed by atoms with Crippen LogP contribution in [0, 0.1) is 11.3 Å². The van der Waals surface area contributed by atoms with Gasteiger partial charge < -0.3 is 40.5 Å². The van der Waals surface area contributed by atoms with Crippen LogP contribution in [0.15, 0.2) is 52.9 Å². The van der Waals surface area contributed by atoms with Gasteiger partial charge in [0.15, 0.2) is 0 Å². The highest BCUT2D eigenvalue weighted by molar-refractivity contribution is 6.03. The maximum Gasteiger partial charge on any atom is 0.262 e. The van der Waals surface area contributed by atoms with E-state index in [1.165, 1.54) is 19.2 Å². The van der Waals surface area contributed by atoms with Crippen molar-refractivity contribution in [2.45, 2.75) is 33.6 Å². The number of hydrogen-bond acceptors (Lipinski definition) is 10. The number of allylic oxidation sites excluding steroid dienone is 2. The van der Waals surface area contributed by atoms with Crippen LogP contribution in [0.3, 0.4) is 0 Å². The molecule has 0 amide bonds. The molecule has 1 aromatic carbocycles. The van der Waals surface area contributed by atoms with Crippen LogP contribution in [0.25, 0.3) is 0 Å². The number of aliphatic hydroxyl groups is 3. The van der Waals surface area contributed by atoms with Crippen molar-refractivity contribution in [2.24, 2.45) is 5.92 Å². The molecule has 2 heterocycles. The van der Waals surface area contributed by atoms with Gasteiger partial charge >= 0.3 is 0 Å².